The number of likely N-dealkylation sites (tertiary alicyclic amines) is 1. The molecule has 1 saturated heterocycles. The highest BCUT2D eigenvalue weighted by Crippen LogP contribution is 2.64. The van der Waals surface area contributed by atoms with Crippen LogP contribution in [-0.2, 0) is 21.4 Å². The highest BCUT2D eigenvalue weighted by Gasteiger charge is 2.65. The summed E-state index contributed by atoms with van der Waals surface area (Å²) in [6, 6.07) is 4.71. The number of nitrogens with zero attached hydrogens (tertiary/aromatic N) is 1. The van der Waals surface area contributed by atoms with Crippen LogP contribution in [0.1, 0.15) is 37.8 Å². The molecule has 0 N–H and O–H groups in total. The molecule has 4 unspecified atom stereocenters. The average molecular weight is 355 g/mol. The van der Waals surface area contributed by atoms with Crippen LogP contribution in [0, 0.1) is 5.92 Å². The predicted molar refractivity (Wildman–Crippen MR) is 96.4 cm³/mol. The molecule has 1 spiro atoms. The van der Waals surface area contributed by atoms with Crippen molar-refractivity contribution in [1.29, 1.82) is 0 Å². The van der Waals surface area contributed by atoms with Crippen molar-refractivity contribution in [2.45, 2.75) is 50.7 Å². The number of likely N-dealkylation sites (N-methyl/N-ethyl adjacent to an activating group) is 1. The number of methoxy groups -OCH3 is 1. The van der Waals surface area contributed by atoms with Gasteiger partial charge in [-0.15, -0.1) is 0 Å². The van der Waals surface area contributed by atoms with Crippen LogP contribution in [0.4, 0.5) is 0 Å². The van der Waals surface area contributed by atoms with Crippen LogP contribution < -0.4 is 9.47 Å². The number of benzene rings is 1. The Morgan fingerprint density at radius 1 is 1.35 bits per heavy atom. The van der Waals surface area contributed by atoms with E-state index in [9.17, 15) is 4.79 Å². The first-order chi connectivity index (χ1) is 12.5. The Morgan fingerprint density at radius 3 is 2.88 bits per heavy atom. The molecule has 4 aliphatic rings. The molecule has 2 bridgehead atoms. The van der Waals surface area contributed by atoms with Gasteiger partial charge < -0.3 is 19.1 Å². The van der Waals surface area contributed by atoms with E-state index in [2.05, 4.69) is 24.9 Å². The molecule has 138 valence electrons. The minimum absolute atomic E-state index is 0.112. The average Bonchev–Trinajstić information content (AvgIpc) is 2.95. The summed E-state index contributed by atoms with van der Waals surface area (Å²) in [5.41, 5.74) is 3.70. The number of ether oxygens (including phenoxy) is 3. The monoisotopic (exact) mass is 355 g/mol. The lowest BCUT2D eigenvalue weighted by atomic mass is 9.52. The zero-order valence-corrected chi connectivity index (χ0v) is 15.8. The zero-order valence-electron chi connectivity index (χ0n) is 15.8. The molecule has 2 aliphatic carbocycles. The van der Waals surface area contributed by atoms with E-state index in [-0.39, 0.29) is 17.5 Å². The van der Waals surface area contributed by atoms with E-state index in [1.807, 2.05) is 6.07 Å². The number of allylic oxidation sites excluding steroid dienone is 1. The van der Waals surface area contributed by atoms with Gasteiger partial charge in [-0.05, 0) is 62.9 Å². The van der Waals surface area contributed by atoms with Crippen molar-refractivity contribution in [1.82, 2.24) is 4.90 Å². The van der Waals surface area contributed by atoms with Crippen molar-refractivity contribution >= 4 is 5.97 Å². The van der Waals surface area contributed by atoms with Crippen LogP contribution in [0.5, 0.6) is 11.5 Å². The number of esters is 1. The summed E-state index contributed by atoms with van der Waals surface area (Å²) >= 11 is 0. The molecule has 1 fully saturated rings. The molecule has 5 rings (SSSR count). The van der Waals surface area contributed by atoms with Gasteiger partial charge in [-0.3, -0.25) is 4.79 Å². The maximum atomic E-state index is 11.8. The largest absolute Gasteiger partial charge is 0.493 e. The number of piperidine rings is 1. The summed E-state index contributed by atoms with van der Waals surface area (Å²) in [5.74, 6) is 2.57. The van der Waals surface area contributed by atoms with Crippen LogP contribution >= 0.6 is 0 Å². The second-order valence-electron chi connectivity index (χ2n) is 8.22. The van der Waals surface area contributed by atoms with E-state index < -0.39 is 0 Å². The molecule has 0 radical (unpaired) electrons. The zero-order chi connectivity index (χ0) is 18.2. The standard InChI is InChI=1S/C21H25NO4/c1-11-9-14-15-10-13-5-6-16(24-4)19-17(13)21(14,7-8-22(15)3)20(26-19)18(11)25-12(2)23/h5-6,14-15,20H,7-10H2,1-4H3. The van der Waals surface area contributed by atoms with Gasteiger partial charge in [-0.1, -0.05) is 6.07 Å². The third-order valence-electron chi connectivity index (χ3n) is 7.03. The van der Waals surface area contributed by atoms with Crippen LogP contribution in [0.3, 0.4) is 0 Å². The van der Waals surface area contributed by atoms with Gasteiger partial charge in [-0.2, -0.15) is 0 Å². The number of hydrogen-bond acceptors (Lipinski definition) is 5. The molecule has 1 aromatic carbocycles. The third-order valence-corrected chi connectivity index (χ3v) is 7.03. The lowest BCUT2D eigenvalue weighted by molar-refractivity contribution is -0.140. The lowest BCUT2D eigenvalue weighted by Gasteiger charge is -2.57. The smallest absolute Gasteiger partial charge is 0.307 e. The van der Waals surface area contributed by atoms with Crippen LogP contribution in [-0.4, -0.2) is 43.7 Å². The Balaban J connectivity index is 1.77. The van der Waals surface area contributed by atoms with E-state index in [0.717, 1.165) is 48.6 Å². The Hall–Kier alpha value is -2.01. The summed E-state index contributed by atoms with van der Waals surface area (Å²) in [7, 11) is 3.92. The molecule has 2 aliphatic heterocycles. The molecule has 26 heavy (non-hydrogen) atoms. The summed E-state index contributed by atoms with van der Waals surface area (Å²) in [4.78, 5) is 14.3. The number of carbonyl (C=O) groups is 1. The molecule has 0 amide bonds. The van der Waals surface area contributed by atoms with E-state index in [1.165, 1.54) is 18.1 Å². The first-order valence-electron chi connectivity index (χ1n) is 9.42. The highest BCUT2D eigenvalue weighted by molar-refractivity contribution is 5.69. The van der Waals surface area contributed by atoms with E-state index >= 15 is 0 Å². The third kappa shape index (κ3) is 1.82. The first-order valence-corrected chi connectivity index (χ1v) is 9.42. The van der Waals surface area contributed by atoms with Crippen molar-refractivity contribution < 1.29 is 19.0 Å². The molecule has 1 aromatic rings. The SMILES string of the molecule is COc1ccc2c3c1OC1C(OC(C)=O)=C(C)CC4C(C2)N(C)CCC314. The van der Waals surface area contributed by atoms with Gasteiger partial charge in [0.1, 0.15) is 5.76 Å². The molecular weight excluding hydrogens is 330 g/mol. The fourth-order valence-corrected chi connectivity index (χ4v) is 5.99. The minimum atomic E-state index is -0.277. The van der Waals surface area contributed by atoms with E-state index in [0.29, 0.717) is 12.0 Å². The van der Waals surface area contributed by atoms with Gasteiger partial charge in [0, 0.05) is 23.9 Å². The fourth-order valence-electron chi connectivity index (χ4n) is 5.99. The Morgan fingerprint density at radius 2 is 2.15 bits per heavy atom. The van der Waals surface area contributed by atoms with Crippen LogP contribution in [0.2, 0.25) is 0 Å². The maximum absolute atomic E-state index is 11.8. The maximum Gasteiger partial charge on any atom is 0.307 e. The highest BCUT2D eigenvalue weighted by atomic mass is 16.6. The topological polar surface area (TPSA) is 48.0 Å². The van der Waals surface area contributed by atoms with Crippen molar-refractivity contribution in [2.75, 3.05) is 20.7 Å². The normalized spacial score (nSPS) is 34.2. The lowest BCUT2D eigenvalue weighted by Crippen LogP contribution is -2.64. The van der Waals surface area contributed by atoms with Crippen molar-refractivity contribution in [3.8, 4) is 11.5 Å². The summed E-state index contributed by atoms with van der Waals surface area (Å²) in [6.45, 7) is 4.58. The Bertz CT molecular complexity index is 845. The summed E-state index contributed by atoms with van der Waals surface area (Å²) < 4.78 is 17.9. The number of carbonyl (C=O) groups excluding carboxylic acids is 1. The van der Waals surface area contributed by atoms with Gasteiger partial charge in [0.15, 0.2) is 17.6 Å². The van der Waals surface area contributed by atoms with Crippen LogP contribution in [0.15, 0.2) is 23.5 Å². The van der Waals surface area contributed by atoms with Gasteiger partial charge in [0.2, 0.25) is 0 Å². The fraction of sp³-hybridized carbons (Fsp3) is 0.571. The quantitative estimate of drug-likeness (QED) is 0.764. The molecular formula is C21H25NO4. The molecule has 0 aromatic heterocycles. The molecule has 4 atom stereocenters. The first kappa shape index (κ1) is 16.2. The second kappa shape index (κ2) is 5.26. The van der Waals surface area contributed by atoms with Crippen LogP contribution in [0.25, 0.3) is 0 Å². The summed E-state index contributed by atoms with van der Waals surface area (Å²) in [5, 5.41) is 0. The van der Waals surface area contributed by atoms with Crippen molar-refractivity contribution in [2.24, 2.45) is 5.92 Å². The van der Waals surface area contributed by atoms with Gasteiger partial charge in [0.05, 0.1) is 7.11 Å². The number of hydrogen-bond donors (Lipinski definition) is 0. The van der Waals surface area contributed by atoms with E-state index in [1.54, 1.807) is 7.11 Å². The number of rotatable bonds is 2. The van der Waals surface area contributed by atoms with E-state index in [4.69, 9.17) is 14.2 Å². The van der Waals surface area contributed by atoms with Gasteiger partial charge in [-0.25, -0.2) is 0 Å². The van der Waals surface area contributed by atoms with Crippen molar-refractivity contribution in [3.05, 3.63) is 34.6 Å². The Labute approximate surface area is 153 Å². The minimum Gasteiger partial charge on any atom is -0.493 e. The summed E-state index contributed by atoms with van der Waals surface area (Å²) in [6.07, 6.45) is 2.78. The predicted octanol–water partition coefficient (Wildman–Crippen LogP) is 2.81. The molecule has 0 saturated carbocycles. The van der Waals surface area contributed by atoms with Crippen molar-refractivity contribution in [3.63, 3.8) is 0 Å². The molecule has 5 nitrogen and oxygen atoms in total. The van der Waals surface area contributed by atoms with Gasteiger partial charge in [0.25, 0.3) is 0 Å². The van der Waals surface area contributed by atoms with Gasteiger partial charge >= 0.3 is 5.97 Å². The molecule has 5 heteroatoms. The second-order valence-corrected chi connectivity index (χ2v) is 8.22. The Kier molecular flexibility index (Phi) is 3.27. The molecule has 2 heterocycles.